The molecule has 3 rings (SSSR count). The second-order valence-corrected chi connectivity index (χ2v) is 7.48. The molecule has 1 heterocycles. The van der Waals surface area contributed by atoms with E-state index in [-0.39, 0.29) is 36.6 Å². The van der Waals surface area contributed by atoms with Crippen LogP contribution in [0.5, 0.6) is 0 Å². The Bertz CT molecular complexity index is 754. The zero-order valence-electron chi connectivity index (χ0n) is 15.8. The third-order valence-corrected chi connectivity index (χ3v) is 5.79. The number of rotatable bonds is 5. The molecule has 1 aliphatic heterocycles. The van der Waals surface area contributed by atoms with E-state index in [9.17, 15) is 18.8 Å². The highest BCUT2D eigenvalue weighted by atomic mass is 19.1. The molecule has 0 aromatic heterocycles. The van der Waals surface area contributed by atoms with E-state index < -0.39 is 11.6 Å². The fourth-order valence-corrected chi connectivity index (χ4v) is 4.11. The lowest BCUT2D eigenvalue weighted by molar-refractivity contribution is -0.140. The van der Waals surface area contributed by atoms with Crippen molar-refractivity contribution in [3.05, 3.63) is 35.6 Å². The Balaban J connectivity index is 1.70. The molecule has 1 aromatic rings. The van der Waals surface area contributed by atoms with Gasteiger partial charge in [-0.15, -0.1) is 0 Å². The number of halogens is 1. The normalized spacial score (nSPS) is 25.0. The van der Waals surface area contributed by atoms with Crippen molar-refractivity contribution in [1.29, 1.82) is 0 Å². The molecule has 0 radical (unpaired) electrons. The Kier molecular flexibility index (Phi) is 5.48. The van der Waals surface area contributed by atoms with Gasteiger partial charge in [0.25, 0.3) is 5.91 Å². The number of imide groups is 1. The summed E-state index contributed by atoms with van der Waals surface area (Å²) in [5.74, 6) is -0.934. The first-order valence-corrected chi connectivity index (χ1v) is 9.53. The molecule has 0 unspecified atom stereocenters. The van der Waals surface area contributed by atoms with Gasteiger partial charge in [-0.3, -0.25) is 14.5 Å². The van der Waals surface area contributed by atoms with E-state index in [1.165, 1.54) is 17.0 Å². The smallest absolute Gasteiger partial charge is 0.325 e. The minimum atomic E-state index is -0.866. The molecule has 2 fully saturated rings. The fraction of sp³-hybridized carbons (Fsp3) is 0.550. The summed E-state index contributed by atoms with van der Waals surface area (Å²) < 4.78 is 13.4. The van der Waals surface area contributed by atoms with E-state index in [0.29, 0.717) is 18.5 Å². The number of benzene rings is 1. The summed E-state index contributed by atoms with van der Waals surface area (Å²) >= 11 is 0. The second kappa shape index (κ2) is 7.66. The van der Waals surface area contributed by atoms with Gasteiger partial charge in [0, 0.05) is 13.1 Å². The van der Waals surface area contributed by atoms with E-state index in [1.807, 2.05) is 13.8 Å². The van der Waals surface area contributed by atoms with Gasteiger partial charge in [-0.05, 0) is 43.4 Å². The van der Waals surface area contributed by atoms with Crippen molar-refractivity contribution in [1.82, 2.24) is 15.1 Å². The Morgan fingerprint density at radius 1 is 1.37 bits per heavy atom. The minimum absolute atomic E-state index is 0.0531. The van der Waals surface area contributed by atoms with Gasteiger partial charge in [-0.2, -0.15) is 0 Å². The van der Waals surface area contributed by atoms with Gasteiger partial charge in [-0.25, -0.2) is 9.18 Å². The first kappa shape index (κ1) is 19.3. The van der Waals surface area contributed by atoms with Gasteiger partial charge < -0.3 is 10.2 Å². The highest BCUT2D eigenvalue weighted by molar-refractivity contribution is 6.09. The molecule has 4 amide bonds. The van der Waals surface area contributed by atoms with Crippen molar-refractivity contribution in [2.45, 2.75) is 51.6 Å². The molecule has 7 heteroatoms. The van der Waals surface area contributed by atoms with Crippen molar-refractivity contribution < 1.29 is 18.8 Å². The number of carbonyl (C=O) groups excluding carboxylic acids is 3. The Labute approximate surface area is 158 Å². The molecule has 27 heavy (non-hydrogen) atoms. The first-order valence-electron chi connectivity index (χ1n) is 9.53. The summed E-state index contributed by atoms with van der Waals surface area (Å²) in [6, 6.07) is 5.56. The predicted molar refractivity (Wildman–Crippen MR) is 98.1 cm³/mol. The summed E-state index contributed by atoms with van der Waals surface area (Å²) in [4.78, 5) is 40.7. The highest BCUT2D eigenvalue weighted by Crippen LogP contribution is 2.38. The molecule has 0 bridgehead atoms. The molecule has 146 valence electrons. The molecule has 1 N–H and O–H groups in total. The molecule has 2 atom stereocenters. The Morgan fingerprint density at radius 2 is 2.15 bits per heavy atom. The number of amides is 4. The van der Waals surface area contributed by atoms with Crippen LogP contribution in [-0.4, -0.2) is 46.3 Å². The van der Waals surface area contributed by atoms with Crippen LogP contribution >= 0.6 is 0 Å². The first-order chi connectivity index (χ1) is 12.9. The van der Waals surface area contributed by atoms with Crippen LogP contribution in [0.25, 0.3) is 0 Å². The van der Waals surface area contributed by atoms with Crippen molar-refractivity contribution in [2.75, 3.05) is 13.1 Å². The van der Waals surface area contributed by atoms with Crippen LogP contribution in [0.4, 0.5) is 9.18 Å². The van der Waals surface area contributed by atoms with Crippen LogP contribution in [0.2, 0.25) is 0 Å². The number of hydrogen-bond donors (Lipinski definition) is 1. The molecule has 2 aliphatic rings. The van der Waals surface area contributed by atoms with Crippen molar-refractivity contribution >= 4 is 17.8 Å². The number of carbonyl (C=O) groups is 3. The SMILES string of the molecule is CCN(Cc1cccc(F)c1)C(=O)CN1C(=O)N[C@]2(CCCC[C@H]2C)C1=O. The van der Waals surface area contributed by atoms with Crippen LogP contribution < -0.4 is 5.32 Å². The highest BCUT2D eigenvalue weighted by Gasteiger charge is 2.55. The van der Waals surface area contributed by atoms with Gasteiger partial charge in [0.05, 0.1) is 0 Å². The second-order valence-electron chi connectivity index (χ2n) is 7.48. The van der Waals surface area contributed by atoms with E-state index in [4.69, 9.17) is 0 Å². The van der Waals surface area contributed by atoms with E-state index >= 15 is 0 Å². The molecule has 1 spiro atoms. The molecule has 1 aromatic carbocycles. The maximum absolute atomic E-state index is 13.4. The summed E-state index contributed by atoms with van der Waals surface area (Å²) in [5.41, 5.74) is -0.199. The maximum Gasteiger partial charge on any atom is 0.325 e. The molecular formula is C20H26FN3O3. The summed E-state index contributed by atoms with van der Waals surface area (Å²) in [7, 11) is 0. The van der Waals surface area contributed by atoms with Gasteiger partial charge in [0.2, 0.25) is 5.91 Å². The van der Waals surface area contributed by atoms with Gasteiger partial charge >= 0.3 is 6.03 Å². The van der Waals surface area contributed by atoms with Gasteiger partial charge in [0.15, 0.2) is 0 Å². The van der Waals surface area contributed by atoms with Crippen LogP contribution in [0.15, 0.2) is 24.3 Å². The average Bonchev–Trinajstić information content (AvgIpc) is 2.87. The van der Waals surface area contributed by atoms with Gasteiger partial charge in [-0.1, -0.05) is 31.9 Å². The third-order valence-electron chi connectivity index (χ3n) is 5.79. The number of nitrogens with one attached hydrogen (secondary N) is 1. The van der Waals surface area contributed by atoms with E-state index in [2.05, 4.69) is 5.32 Å². The minimum Gasteiger partial charge on any atom is -0.337 e. The third kappa shape index (κ3) is 3.68. The molecule has 1 aliphatic carbocycles. The number of nitrogens with zero attached hydrogens (tertiary/aromatic N) is 2. The van der Waals surface area contributed by atoms with Crippen molar-refractivity contribution in [3.63, 3.8) is 0 Å². The van der Waals surface area contributed by atoms with Crippen LogP contribution in [0, 0.1) is 11.7 Å². The Hall–Kier alpha value is -2.44. The number of hydrogen-bond acceptors (Lipinski definition) is 3. The average molecular weight is 375 g/mol. The number of urea groups is 1. The van der Waals surface area contributed by atoms with Crippen molar-refractivity contribution in [2.24, 2.45) is 5.92 Å². The largest absolute Gasteiger partial charge is 0.337 e. The van der Waals surface area contributed by atoms with Gasteiger partial charge in [0.1, 0.15) is 17.9 Å². The summed E-state index contributed by atoms with van der Waals surface area (Å²) in [6.07, 6.45) is 3.43. The lowest BCUT2D eigenvalue weighted by Gasteiger charge is -2.36. The predicted octanol–water partition coefficient (Wildman–Crippen LogP) is 2.67. The zero-order chi connectivity index (χ0) is 19.6. The summed E-state index contributed by atoms with van der Waals surface area (Å²) in [6.45, 7) is 4.14. The van der Waals surface area contributed by atoms with Crippen LogP contribution in [0.3, 0.4) is 0 Å². The number of likely N-dealkylation sites (N-methyl/N-ethyl adjacent to an activating group) is 1. The summed E-state index contributed by atoms with van der Waals surface area (Å²) in [5, 5.41) is 2.86. The molecular weight excluding hydrogens is 349 g/mol. The fourth-order valence-electron chi connectivity index (χ4n) is 4.11. The zero-order valence-corrected chi connectivity index (χ0v) is 15.8. The lowest BCUT2D eigenvalue weighted by atomic mass is 9.73. The standard InChI is InChI=1S/C20H26FN3O3/c1-3-23(12-15-8-6-9-16(21)11-15)17(25)13-24-18(26)20(22-19(24)27)10-5-4-7-14(20)2/h6,8-9,11,14H,3-5,7,10,12-13H2,1-2H3,(H,22,27)/t14-,20+/m1/s1. The van der Waals surface area contributed by atoms with Crippen molar-refractivity contribution in [3.8, 4) is 0 Å². The van der Waals surface area contributed by atoms with Crippen LogP contribution in [-0.2, 0) is 16.1 Å². The quantitative estimate of drug-likeness (QED) is 0.805. The topological polar surface area (TPSA) is 69.7 Å². The maximum atomic E-state index is 13.4. The monoisotopic (exact) mass is 375 g/mol. The van der Waals surface area contributed by atoms with Crippen LogP contribution in [0.1, 0.15) is 45.1 Å². The van der Waals surface area contributed by atoms with E-state index in [0.717, 1.165) is 24.2 Å². The molecule has 1 saturated heterocycles. The Morgan fingerprint density at radius 3 is 2.81 bits per heavy atom. The van der Waals surface area contributed by atoms with E-state index in [1.54, 1.807) is 12.1 Å². The molecule has 6 nitrogen and oxygen atoms in total. The molecule has 1 saturated carbocycles. The lowest BCUT2D eigenvalue weighted by Crippen LogP contribution is -2.54.